The number of carbonyl (C=O) groups excluding carboxylic acids is 1. The number of amides is 1. The van der Waals surface area contributed by atoms with E-state index in [4.69, 9.17) is 5.73 Å². The van der Waals surface area contributed by atoms with Gasteiger partial charge >= 0.3 is 0 Å². The van der Waals surface area contributed by atoms with E-state index in [1.54, 1.807) is 18.3 Å². The van der Waals surface area contributed by atoms with Crippen molar-refractivity contribution in [3.63, 3.8) is 0 Å². The quantitative estimate of drug-likeness (QED) is 0.664. The highest BCUT2D eigenvalue weighted by molar-refractivity contribution is 5.81. The Balaban J connectivity index is 2.37. The van der Waals surface area contributed by atoms with E-state index < -0.39 is 6.04 Å². The molecule has 0 spiro atoms. The molecule has 1 amide bonds. The lowest BCUT2D eigenvalue weighted by molar-refractivity contribution is -0.122. The molecule has 1 rings (SSSR count). The van der Waals surface area contributed by atoms with Crippen LogP contribution >= 0.6 is 0 Å². The largest absolute Gasteiger partial charge is 0.349 e. The topological polar surface area (TPSA) is 80.9 Å². The van der Waals surface area contributed by atoms with Crippen LogP contribution in [0.2, 0.25) is 0 Å². The Hall–Kier alpha value is -1.75. The van der Waals surface area contributed by atoms with Gasteiger partial charge in [0.05, 0.1) is 18.3 Å². The smallest absolute Gasteiger partial charge is 0.237 e. The van der Waals surface area contributed by atoms with E-state index in [0.29, 0.717) is 13.0 Å². The Morgan fingerprint density at radius 1 is 1.73 bits per heavy atom. The van der Waals surface area contributed by atoms with E-state index in [1.807, 2.05) is 0 Å². The zero-order valence-corrected chi connectivity index (χ0v) is 8.39. The van der Waals surface area contributed by atoms with Crippen LogP contribution in [0.1, 0.15) is 12.1 Å². The molecule has 0 saturated carbocycles. The Labute approximate surface area is 88.4 Å². The van der Waals surface area contributed by atoms with Crippen LogP contribution in [-0.4, -0.2) is 21.9 Å². The molecule has 80 valence electrons. The van der Waals surface area contributed by atoms with Gasteiger partial charge < -0.3 is 11.1 Å². The number of nitrogens with one attached hydrogen (secondary N) is 1. The molecule has 3 N–H and O–H groups in total. The number of nitrogens with zero attached hydrogens (tertiary/aromatic N) is 2. The number of aromatic nitrogens is 2. The standard InChI is InChI=1S/C10H14N4O/c1-2-3-9(11)10(15)13-6-8-4-5-12-7-14-8/h2,4-5,7,9H,1,3,6,11H2,(H,13,15). The zero-order chi connectivity index (χ0) is 11.1. The number of carbonyl (C=O) groups is 1. The third kappa shape index (κ3) is 3.86. The molecule has 5 nitrogen and oxygen atoms in total. The summed E-state index contributed by atoms with van der Waals surface area (Å²) in [4.78, 5) is 19.1. The van der Waals surface area contributed by atoms with Gasteiger partial charge in [-0.05, 0) is 12.5 Å². The second kappa shape index (κ2) is 5.87. The van der Waals surface area contributed by atoms with Gasteiger partial charge in [-0.2, -0.15) is 0 Å². The van der Waals surface area contributed by atoms with Crippen LogP contribution in [0.5, 0.6) is 0 Å². The van der Waals surface area contributed by atoms with Gasteiger partial charge in [0.1, 0.15) is 6.33 Å². The molecule has 0 aromatic carbocycles. The van der Waals surface area contributed by atoms with Gasteiger partial charge in [0.15, 0.2) is 0 Å². The lowest BCUT2D eigenvalue weighted by Crippen LogP contribution is -2.39. The fraction of sp³-hybridized carbons (Fsp3) is 0.300. The first-order chi connectivity index (χ1) is 7.24. The summed E-state index contributed by atoms with van der Waals surface area (Å²) in [6.45, 7) is 3.89. The molecule has 0 bridgehead atoms. The minimum atomic E-state index is -0.538. The number of nitrogens with two attached hydrogens (primary N) is 1. The van der Waals surface area contributed by atoms with Crippen LogP contribution in [0.25, 0.3) is 0 Å². The summed E-state index contributed by atoms with van der Waals surface area (Å²) in [6, 6.07) is 1.20. The molecule has 1 heterocycles. The summed E-state index contributed by atoms with van der Waals surface area (Å²) >= 11 is 0. The highest BCUT2D eigenvalue weighted by atomic mass is 16.2. The molecule has 0 saturated heterocycles. The van der Waals surface area contributed by atoms with Gasteiger partial charge in [0.25, 0.3) is 0 Å². The summed E-state index contributed by atoms with van der Waals surface area (Å²) in [5.41, 5.74) is 6.33. The van der Waals surface area contributed by atoms with Crippen LogP contribution in [0.15, 0.2) is 31.2 Å². The third-order valence-electron chi connectivity index (χ3n) is 1.84. The first kappa shape index (κ1) is 11.3. The second-order valence-electron chi connectivity index (χ2n) is 3.05. The minimum absolute atomic E-state index is 0.200. The van der Waals surface area contributed by atoms with E-state index in [2.05, 4.69) is 21.9 Å². The van der Waals surface area contributed by atoms with E-state index >= 15 is 0 Å². The normalized spacial score (nSPS) is 11.8. The molecule has 0 aliphatic heterocycles. The predicted molar refractivity (Wildman–Crippen MR) is 56.7 cm³/mol. The highest BCUT2D eigenvalue weighted by Crippen LogP contribution is 1.92. The third-order valence-corrected chi connectivity index (χ3v) is 1.84. The minimum Gasteiger partial charge on any atom is -0.349 e. The molecule has 15 heavy (non-hydrogen) atoms. The summed E-state index contributed by atoms with van der Waals surface area (Å²) in [5, 5.41) is 2.68. The maximum Gasteiger partial charge on any atom is 0.237 e. The zero-order valence-electron chi connectivity index (χ0n) is 8.39. The Morgan fingerprint density at radius 3 is 3.13 bits per heavy atom. The molecule has 1 unspecified atom stereocenters. The van der Waals surface area contributed by atoms with Gasteiger partial charge in [-0.1, -0.05) is 6.08 Å². The average Bonchev–Trinajstić information content (AvgIpc) is 2.27. The molecule has 0 fully saturated rings. The van der Waals surface area contributed by atoms with Crippen molar-refractivity contribution in [2.75, 3.05) is 0 Å². The Bertz CT molecular complexity index is 325. The van der Waals surface area contributed by atoms with Crippen molar-refractivity contribution in [1.82, 2.24) is 15.3 Å². The average molecular weight is 206 g/mol. The summed E-state index contributed by atoms with van der Waals surface area (Å²) in [5.74, 6) is -0.200. The van der Waals surface area contributed by atoms with Crippen molar-refractivity contribution in [1.29, 1.82) is 0 Å². The number of hydrogen-bond donors (Lipinski definition) is 2. The van der Waals surface area contributed by atoms with Gasteiger partial charge in [-0.25, -0.2) is 9.97 Å². The van der Waals surface area contributed by atoms with E-state index in [1.165, 1.54) is 6.33 Å². The van der Waals surface area contributed by atoms with Crippen LogP contribution < -0.4 is 11.1 Å². The van der Waals surface area contributed by atoms with E-state index in [0.717, 1.165) is 5.69 Å². The fourth-order valence-electron chi connectivity index (χ4n) is 1.02. The number of rotatable bonds is 5. The van der Waals surface area contributed by atoms with E-state index in [9.17, 15) is 4.79 Å². The molecule has 0 aliphatic carbocycles. The SMILES string of the molecule is C=CCC(N)C(=O)NCc1ccncn1. The van der Waals surface area contributed by atoms with Crippen molar-refractivity contribution in [2.45, 2.75) is 19.0 Å². The predicted octanol–water partition coefficient (Wildman–Crippen LogP) is -0.00380. The number of hydrogen-bond acceptors (Lipinski definition) is 4. The van der Waals surface area contributed by atoms with Crippen molar-refractivity contribution in [2.24, 2.45) is 5.73 Å². The molecule has 1 aromatic heterocycles. The summed E-state index contributed by atoms with van der Waals surface area (Å²) in [7, 11) is 0. The molecule has 5 heteroatoms. The van der Waals surface area contributed by atoms with E-state index in [-0.39, 0.29) is 5.91 Å². The Kier molecular flexibility index (Phi) is 4.43. The maximum absolute atomic E-state index is 11.4. The first-order valence-corrected chi connectivity index (χ1v) is 4.63. The fourth-order valence-corrected chi connectivity index (χ4v) is 1.02. The van der Waals surface area contributed by atoms with Gasteiger partial charge in [-0.3, -0.25) is 4.79 Å². The maximum atomic E-state index is 11.4. The summed E-state index contributed by atoms with van der Waals surface area (Å²) in [6.07, 6.45) is 5.15. The Morgan fingerprint density at radius 2 is 2.53 bits per heavy atom. The molecular formula is C10H14N4O. The monoisotopic (exact) mass is 206 g/mol. The summed E-state index contributed by atoms with van der Waals surface area (Å²) < 4.78 is 0. The molecule has 1 aromatic rings. The van der Waals surface area contributed by atoms with Crippen LogP contribution in [0.4, 0.5) is 0 Å². The lowest BCUT2D eigenvalue weighted by Gasteiger charge is -2.09. The van der Waals surface area contributed by atoms with Crippen LogP contribution in [0, 0.1) is 0 Å². The molecule has 1 atom stereocenters. The van der Waals surface area contributed by atoms with Crippen molar-refractivity contribution >= 4 is 5.91 Å². The van der Waals surface area contributed by atoms with Crippen LogP contribution in [-0.2, 0) is 11.3 Å². The van der Waals surface area contributed by atoms with Gasteiger partial charge in [0.2, 0.25) is 5.91 Å². The van der Waals surface area contributed by atoms with Crippen molar-refractivity contribution in [3.8, 4) is 0 Å². The first-order valence-electron chi connectivity index (χ1n) is 4.63. The molecule has 0 aliphatic rings. The van der Waals surface area contributed by atoms with Crippen molar-refractivity contribution < 1.29 is 4.79 Å². The lowest BCUT2D eigenvalue weighted by atomic mass is 10.2. The van der Waals surface area contributed by atoms with Crippen LogP contribution in [0.3, 0.4) is 0 Å². The van der Waals surface area contributed by atoms with Gasteiger partial charge in [-0.15, -0.1) is 6.58 Å². The van der Waals surface area contributed by atoms with Crippen molar-refractivity contribution in [3.05, 3.63) is 36.9 Å². The molecule has 0 radical (unpaired) electrons. The van der Waals surface area contributed by atoms with Gasteiger partial charge in [0, 0.05) is 6.20 Å². The highest BCUT2D eigenvalue weighted by Gasteiger charge is 2.10. The second-order valence-corrected chi connectivity index (χ2v) is 3.05. The molecular weight excluding hydrogens is 192 g/mol.